The maximum absolute atomic E-state index is 13.6. The maximum atomic E-state index is 13.6. The van der Waals surface area contributed by atoms with Gasteiger partial charge in [-0.3, -0.25) is 0 Å². The molecule has 0 radical (unpaired) electrons. The Morgan fingerprint density at radius 1 is 1.21 bits per heavy atom. The first-order valence-electron chi connectivity index (χ1n) is 4.91. The van der Waals surface area contributed by atoms with Crippen LogP contribution < -0.4 is 0 Å². The normalized spacial score (nSPS) is 11.6. The molecule has 0 saturated heterocycles. The van der Waals surface area contributed by atoms with Crippen molar-refractivity contribution in [3.8, 4) is 11.3 Å². The zero-order valence-electron chi connectivity index (χ0n) is 9.05. The molecule has 1 heterocycles. The number of hydrogen-bond donors (Lipinski definition) is 1. The lowest BCUT2D eigenvalue weighted by molar-refractivity contribution is -0.141. The highest BCUT2D eigenvalue weighted by Gasteiger charge is 2.32. The van der Waals surface area contributed by atoms with Crippen LogP contribution in [0.1, 0.15) is 5.69 Å². The lowest BCUT2D eigenvalue weighted by atomic mass is 10.1. The van der Waals surface area contributed by atoms with E-state index in [-0.39, 0.29) is 21.1 Å². The largest absolute Gasteiger partial charge is 0.431 e. The van der Waals surface area contributed by atoms with Gasteiger partial charge in [-0.1, -0.05) is 11.6 Å². The highest BCUT2D eigenvalue weighted by molar-refractivity contribution is 7.71. The highest BCUT2D eigenvalue weighted by atomic mass is 35.5. The molecule has 100 valence electrons. The highest BCUT2D eigenvalue weighted by Crippen LogP contribution is 2.31. The van der Waals surface area contributed by atoms with Gasteiger partial charge >= 0.3 is 6.18 Å². The van der Waals surface area contributed by atoms with Crippen molar-refractivity contribution in [2.75, 3.05) is 0 Å². The van der Waals surface area contributed by atoms with E-state index in [0.717, 1.165) is 6.07 Å². The van der Waals surface area contributed by atoms with Crippen molar-refractivity contribution in [1.82, 2.24) is 9.97 Å². The third-order valence-electron chi connectivity index (χ3n) is 2.26. The van der Waals surface area contributed by atoms with Crippen molar-refractivity contribution in [3.63, 3.8) is 0 Å². The molecule has 0 saturated carbocycles. The van der Waals surface area contributed by atoms with Crippen LogP contribution in [0.4, 0.5) is 17.6 Å². The lowest BCUT2D eigenvalue weighted by Crippen LogP contribution is -2.09. The molecule has 2 nitrogen and oxygen atoms in total. The van der Waals surface area contributed by atoms with E-state index in [0.29, 0.717) is 6.07 Å². The second-order valence-electron chi connectivity index (χ2n) is 3.61. The molecule has 0 bridgehead atoms. The van der Waals surface area contributed by atoms with E-state index in [1.807, 2.05) is 4.98 Å². The van der Waals surface area contributed by atoms with Crippen molar-refractivity contribution in [1.29, 1.82) is 0 Å². The second-order valence-corrected chi connectivity index (χ2v) is 4.43. The van der Waals surface area contributed by atoms with E-state index in [9.17, 15) is 17.6 Å². The van der Waals surface area contributed by atoms with E-state index in [2.05, 4.69) is 17.2 Å². The van der Waals surface area contributed by atoms with Gasteiger partial charge in [0, 0.05) is 10.6 Å². The molecule has 0 aliphatic heterocycles. The SMILES string of the molecule is Fc1cc(Cl)ccc1-c1cc(C(F)(F)F)[nH]c(=S)n1. The fourth-order valence-corrected chi connectivity index (χ4v) is 1.81. The first-order valence-corrected chi connectivity index (χ1v) is 5.70. The number of H-pyrrole nitrogens is 1. The average Bonchev–Trinajstić information content (AvgIpc) is 2.26. The predicted molar refractivity (Wildman–Crippen MR) is 64.8 cm³/mol. The molecule has 0 aliphatic carbocycles. The van der Waals surface area contributed by atoms with Crippen LogP contribution in [-0.2, 0) is 6.18 Å². The number of halogens is 5. The first kappa shape index (κ1) is 14.0. The fraction of sp³-hybridized carbons (Fsp3) is 0.0909. The van der Waals surface area contributed by atoms with Crippen LogP contribution in [0.3, 0.4) is 0 Å². The first-order chi connectivity index (χ1) is 8.77. The summed E-state index contributed by atoms with van der Waals surface area (Å²) in [4.78, 5) is 5.60. The van der Waals surface area contributed by atoms with Crippen molar-refractivity contribution < 1.29 is 17.6 Å². The molecule has 1 aromatic carbocycles. The van der Waals surface area contributed by atoms with Crippen LogP contribution in [0.5, 0.6) is 0 Å². The van der Waals surface area contributed by atoms with Gasteiger partial charge in [0.15, 0.2) is 4.77 Å². The molecule has 0 atom stereocenters. The Balaban J connectivity index is 2.63. The number of aromatic amines is 1. The zero-order chi connectivity index (χ0) is 14.2. The Bertz CT molecular complexity index is 681. The summed E-state index contributed by atoms with van der Waals surface area (Å²) in [6, 6.07) is 4.29. The number of hydrogen-bond acceptors (Lipinski definition) is 2. The van der Waals surface area contributed by atoms with Gasteiger partial charge in [0.25, 0.3) is 0 Å². The van der Waals surface area contributed by atoms with Gasteiger partial charge in [0.05, 0.1) is 5.69 Å². The van der Waals surface area contributed by atoms with Gasteiger partial charge in [0.1, 0.15) is 11.5 Å². The van der Waals surface area contributed by atoms with E-state index in [4.69, 9.17) is 11.6 Å². The third kappa shape index (κ3) is 3.10. The summed E-state index contributed by atoms with van der Waals surface area (Å²) in [5.41, 5.74) is -1.39. The van der Waals surface area contributed by atoms with E-state index in [1.165, 1.54) is 12.1 Å². The smallest absolute Gasteiger partial charge is 0.327 e. The minimum Gasteiger partial charge on any atom is -0.327 e. The average molecular weight is 309 g/mol. The van der Waals surface area contributed by atoms with Crippen molar-refractivity contribution in [3.05, 3.63) is 45.6 Å². The number of benzene rings is 1. The standard InChI is InChI=1S/C11H5ClF4N2S/c12-5-1-2-6(7(13)3-5)8-4-9(11(14,15)16)18-10(19)17-8/h1-4H,(H,17,18,19). The molecule has 0 aliphatic rings. The van der Waals surface area contributed by atoms with E-state index < -0.39 is 17.7 Å². The molecule has 0 fully saturated rings. The summed E-state index contributed by atoms with van der Waals surface area (Å²) in [5.74, 6) is -0.770. The molecule has 1 aromatic heterocycles. The van der Waals surface area contributed by atoms with Crippen LogP contribution in [-0.4, -0.2) is 9.97 Å². The number of rotatable bonds is 1. The Hall–Kier alpha value is -1.47. The van der Waals surface area contributed by atoms with Crippen molar-refractivity contribution in [2.24, 2.45) is 0 Å². The molecular formula is C11H5ClF4N2S. The van der Waals surface area contributed by atoms with Crippen molar-refractivity contribution in [2.45, 2.75) is 6.18 Å². The molecule has 19 heavy (non-hydrogen) atoms. The molecule has 1 N–H and O–H groups in total. The molecule has 2 rings (SSSR count). The number of alkyl halides is 3. The van der Waals surface area contributed by atoms with Gasteiger partial charge in [0.2, 0.25) is 0 Å². The molecule has 2 aromatic rings. The van der Waals surface area contributed by atoms with Gasteiger partial charge in [-0.2, -0.15) is 13.2 Å². The quantitative estimate of drug-likeness (QED) is 0.615. The van der Waals surface area contributed by atoms with Crippen molar-refractivity contribution >= 4 is 23.8 Å². The summed E-state index contributed by atoms with van der Waals surface area (Å²) >= 11 is 10.2. The summed E-state index contributed by atoms with van der Waals surface area (Å²) in [6.45, 7) is 0. The van der Waals surface area contributed by atoms with Crippen LogP contribution in [0.25, 0.3) is 11.3 Å². The predicted octanol–water partition coefficient (Wildman–Crippen LogP) is 4.62. The maximum Gasteiger partial charge on any atom is 0.431 e. The Morgan fingerprint density at radius 3 is 2.47 bits per heavy atom. The van der Waals surface area contributed by atoms with Gasteiger partial charge in [-0.25, -0.2) is 9.37 Å². The van der Waals surface area contributed by atoms with Gasteiger partial charge < -0.3 is 4.98 Å². The summed E-state index contributed by atoms with van der Waals surface area (Å²) in [6.07, 6.45) is -4.62. The minimum absolute atomic E-state index is 0.102. The molecule has 0 spiro atoms. The topological polar surface area (TPSA) is 28.7 Å². The van der Waals surface area contributed by atoms with E-state index in [1.54, 1.807) is 0 Å². The minimum atomic E-state index is -4.62. The summed E-state index contributed by atoms with van der Waals surface area (Å²) < 4.78 is 51.1. The number of nitrogens with one attached hydrogen (secondary N) is 1. The molecule has 0 amide bonds. The van der Waals surface area contributed by atoms with E-state index >= 15 is 0 Å². The van der Waals surface area contributed by atoms with Crippen LogP contribution in [0.2, 0.25) is 5.02 Å². The Labute approximate surface area is 115 Å². The summed E-state index contributed by atoms with van der Waals surface area (Å²) in [7, 11) is 0. The van der Waals surface area contributed by atoms with Gasteiger partial charge in [-0.05, 0) is 36.5 Å². The second kappa shape index (κ2) is 4.90. The van der Waals surface area contributed by atoms with Gasteiger partial charge in [-0.15, -0.1) is 0 Å². The number of nitrogens with zero attached hydrogens (tertiary/aromatic N) is 1. The molecule has 8 heteroatoms. The zero-order valence-corrected chi connectivity index (χ0v) is 10.6. The van der Waals surface area contributed by atoms with Crippen LogP contribution in [0.15, 0.2) is 24.3 Å². The Morgan fingerprint density at radius 2 is 1.89 bits per heavy atom. The Kier molecular flexibility index (Phi) is 3.60. The monoisotopic (exact) mass is 308 g/mol. The fourth-order valence-electron chi connectivity index (χ4n) is 1.45. The lowest BCUT2D eigenvalue weighted by Gasteiger charge is -2.09. The molecular weight excluding hydrogens is 304 g/mol. The van der Waals surface area contributed by atoms with Crippen LogP contribution >= 0.6 is 23.8 Å². The summed E-state index contributed by atoms with van der Waals surface area (Å²) in [5, 5.41) is 0.137. The number of aromatic nitrogens is 2. The third-order valence-corrected chi connectivity index (χ3v) is 2.69. The molecule has 0 unspecified atom stereocenters. The van der Waals surface area contributed by atoms with Crippen LogP contribution in [0, 0.1) is 10.6 Å².